The van der Waals surface area contributed by atoms with E-state index in [1.807, 2.05) is 18.2 Å². The Kier molecular flexibility index (Phi) is 3.08. The summed E-state index contributed by atoms with van der Waals surface area (Å²) in [4.78, 5) is 12.3. The molecule has 3 heteroatoms. The van der Waals surface area contributed by atoms with Crippen molar-refractivity contribution in [1.82, 2.24) is 0 Å². The Morgan fingerprint density at radius 2 is 2.22 bits per heavy atom. The molecule has 2 heterocycles. The van der Waals surface area contributed by atoms with Gasteiger partial charge in [0.1, 0.15) is 0 Å². The Morgan fingerprint density at radius 3 is 2.89 bits per heavy atom. The van der Waals surface area contributed by atoms with Crippen LogP contribution in [0.5, 0.6) is 0 Å². The summed E-state index contributed by atoms with van der Waals surface area (Å²) in [5, 5.41) is 3.07. The molecule has 0 aliphatic carbocycles. The molecule has 0 spiro atoms. The second kappa shape index (κ2) is 4.73. The van der Waals surface area contributed by atoms with E-state index in [9.17, 15) is 4.79 Å². The van der Waals surface area contributed by atoms with Crippen molar-refractivity contribution in [1.29, 1.82) is 0 Å². The van der Waals surface area contributed by atoms with Crippen LogP contribution in [-0.2, 0) is 16.0 Å². The molecule has 2 bridgehead atoms. The highest BCUT2D eigenvalue weighted by Crippen LogP contribution is 2.39. The number of hydrogen-bond acceptors (Lipinski definition) is 2. The highest BCUT2D eigenvalue weighted by atomic mass is 16.5. The van der Waals surface area contributed by atoms with Gasteiger partial charge in [0.05, 0.1) is 18.1 Å². The Hall–Kier alpha value is -1.35. The van der Waals surface area contributed by atoms with Crippen LogP contribution in [0.25, 0.3) is 0 Å². The zero-order valence-electron chi connectivity index (χ0n) is 10.7. The summed E-state index contributed by atoms with van der Waals surface area (Å²) < 4.78 is 5.74. The second-order valence-electron chi connectivity index (χ2n) is 5.22. The summed E-state index contributed by atoms with van der Waals surface area (Å²) in [7, 11) is 0. The van der Waals surface area contributed by atoms with E-state index in [4.69, 9.17) is 4.74 Å². The van der Waals surface area contributed by atoms with Gasteiger partial charge in [-0.2, -0.15) is 0 Å². The summed E-state index contributed by atoms with van der Waals surface area (Å²) in [6.45, 7) is 2.10. The predicted molar refractivity (Wildman–Crippen MR) is 70.5 cm³/mol. The molecule has 3 atom stereocenters. The van der Waals surface area contributed by atoms with Crippen molar-refractivity contribution in [3.05, 3.63) is 29.8 Å². The maximum atomic E-state index is 12.3. The van der Waals surface area contributed by atoms with Gasteiger partial charge in [0.25, 0.3) is 0 Å². The van der Waals surface area contributed by atoms with E-state index in [0.717, 1.165) is 31.4 Å². The highest BCUT2D eigenvalue weighted by Gasteiger charge is 2.44. The lowest BCUT2D eigenvalue weighted by Gasteiger charge is -2.19. The molecular formula is C15H19NO2. The first-order valence-electron chi connectivity index (χ1n) is 6.82. The smallest absolute Gasteiger partial charge is 0.230 e. The van der Waals surface area contributed by atoms with Crippen molar-refractivity contribution in [2.24, 2.45) is 5.92 Å². The number of rotatable bonds is 3. The summed E-state index contributed by atoms with van der Waals surface area (Å²) in [6, 6.07) is 8.01. The van der Waals surface area contributed by atoms with Gasteiger partial charge in [0, 0.05) is 5.69 Å². The van der Waals surface area contributed by atoms with Crippen molar-refractivity contribution in [3.8, 4) is 0 Å². The molecule has 2 aliphatic rings. The van der Waals surface area contributed by atoms with Gasteiger partial charge in [-0.25, -0.2) is 0 Å². The Balaban J connectivity index is 1.71. The minimum absolute atomic E-state index is 0.0497. The zero-order valence-corrected chi connectivity index (χ0v) is 10.7. The first-order chi connectivity index (χ1) is 8.78. The molecule has 0 radical (unpaired) electrons. The van der Waals surface area contributed by atoms with Crippen molar-refractivity contribution in [2.75, 3.05) is 5.32 Å². The lowest BCUT2D eigenvalue weighted by atomic mass is 9.88. The van der Waals surface area contributed by atoms with Crippen LogP contribution >= 0.6 is 0 Å². The summed E-state index contributed by atoms with van der Waals surface area (Å²) >= 11 is 0. The van der Waals surface area contributed by atoms with Crippen molar-refractivity contribution in [2.45, 2.75) is 44.8 Å². The van der Waals surface area contributed by atoms with E-state index < -0.39 is 0 Å². The Labute approximate surface area is 108 Å². The molecule has 3 nitrogen and oxygen atoms in total. The minimum atomic E-state index is 0.0497. The van der Waals surface area contributed by atoms with Crippen molar-refractivity contribution in [3.63, 3.8) is 0 Å². The molecule has 2 aliphatic heterocycles. The molecule has 1 N–H and O–H groups in total. The van der Waals surface area contributed by atoms with Crippen LogP contribution in [-0.4, -0.2) is 18.1 Å². The molecule has 96 valence electrons. The SMILES string of the molecule is CCc1ccccc1NC(=O)C1CC2CCC1O2. The predicted octanol–water partition coefficient (Wildman–Crippen LogP) is 2.76. The van der Waals surface area contributed by atoms with E-state index in [2.05, 4.69) is 18.3 Å². The third-order valence-corrected chi connectivity index (χ3v) is 4.10. The first kappa shape index (κ1) is 11.7. The third-order valence-electron chi connectivity index (χ3n) is 4.10. The van der Waals surface area contributed by atoms with E-state index in [0.29, 0.717) is 6.10 Å². The molecule has 0 saturated carbocycles. The number of amides is 1. The average molecular weight is 245 g/mol. The van der Waals surface area contributed by atoms with Crippen LogP contribution in [0.3, 0.4) is 0 Å². The molecule has 1 amide bonds. The molecule has 3 rings (SSSR count). The number of carbonyl (C=O) groups is 1. The van der Waals surface area contributed by atoms with Gasteiger partial charge < -0.3 is 10.1 Å². The number of carbonyl (C=O) groups excluding carboxylic acids is 1. The van der Waals surface area contributed by atoms with Crippen LogP contribution in [0.2, 0.25) is 0 Å². The van der Waals surface area contributed by atoms with Gasteiger partial charge in [-0.15, -0.1) is 0 Å². The van der Waals surface area contributed by atoms with Gasteiger partial charge in [-0.1, -0.05) is 25.1 Å². The summed E-state index contributed by atoms with van der Waals surface area (Å²) in [5.74, 6) is 0.178. The van der Waals surface area contributed by atoms with E-state index in [1.165, 1.54) is 5.56 Å². The van der Waals surface area contributed by atoms with Crippen molar-refractivity contribution < 1.29 is 9.53 Å². The molecule has 18 heavy (non-hydrogen) atoms. The molecule has 0 aromatic heterocycles. The van der Waals surface area contributed by atoms with Gasteiger partial charge in [-0.05, 0) is 37.3 Å². The van der Waals surface area contributed by atoms with E-state index >= 15 is 0 Å². The number of nitrogens with one attached hydrogen (secondary N) is 1. The standard InChI is InChI=1S/C15H19NO2/c1-2-10-5-3-4-6-13(10)16-15(17)12-9-11-7-8-14(12)18-11/h3-6,11-12,14H,2,7-9H2,1H3,(H,16,17). The summed E-state index contributed by atoms with van der Waals surface area (Å²) in [5.41, 5.74) is 2.14. The maximum absolute atomic E-state index is 12.3. The lowest BCUT2D eigenvalue weighted by molar-refractivity contribution is -0.121. The number of fused-ring (bicyclic) bond motifs is 2. The molecule has 2 saturated heterocycles. The van der Waals surface area contributed by atoms with Gasteiger partial charge in [-0.3, -0.25) is 4.79 Å². The molecule has 3 unspecified atom stereocenters. The van der Waals surface area contributed by atoms with Crippen LogP contribution in [0.15, 0.2) is 24.3 Å². The second-order valence-corrected chi connectivity index (χ2v) is 5.22. The average Bonchev–Trinajstić information content (AvgIpc) is 3.01. The normalized spacial score (nSPS) is 29.5. The Morgan fingerprint density at radius 1 is 1.39 bits per heavy atom. The van der Waals surface area contributed by atoms with Crippen LogP contribution in [0.1, 0.15) is 31.7 Å². The van der Waals surface area contributed by atoms with Gasteiger partial charge >= 0.3 is 0 Å². The van der Waals surface area contributed by atoms with Crippen LogP contribution in [0, 0.1) is 5.92 Å². The third kappa shape index (κ3) is 2.03. The fraction of sp³-hybridized carbons (Fsp3) is 0.533. The monoisotopic (exact) mass is 245 g/mol. The molecule has 2 fully saturated rings. The highest BCUT2D eigenvalue weighted by molar-refractivity contribution is 5.94. The molecule has 1 aromatic rings. The number of hydrogen-bond donors (Lipinski definition) is 1. The van der Waals surface area contributed by atoms with E-state index in [-0.39, 0.29) is 17.9 Å². The fourth-order valence-corrected chi connectivity index (χ4v) is 3.09. The van der Waals surface area contributed by atoms with Crippen molar-refractivity contribution >= 4 is 11.6 Å². The minimum Gasteiger partial charge on any atom is -0.374 e. The first-order valence-corrected chi connectivity index (χ1v) is 6.82. The molecular weight excluding hydrogens is 226 g/mol. The largest absolute Gasteiger partial charge is 0.374 e. The van der Waals surface area contributed by atoms with Gasteiger partial charge in [0.15, 0.2) is 0 Å². The van der Waals surface area contributed by atoms with Gasteiger partial charge in [0.2, 0.25) is 5.91 Å². The maximum Gasteiger partial charge on any atom is 0.230 e. The lowest BCUT2D eigenvalue weighted by Crippen LogP contribution is -2.30. The number of aryl methyl sites for hydroxylation is 1. The van der Waals surface area contributed by atoms with Crippen LogP contribution in [0.4, 0.5) is 5.69 Å². The number of benzene rings is 1. The number of ether oxygens (including phenoxy) is 1. The van der Waals surface area contributed by atoms with E-state index in [1.54, 1.807) is 0 Å². The molecule has 1 aromatic carbocycles. The zero-order chi connectivity index (χ0) is 12.5. The topological polar surface area (TPSA) is 38.3 Å². The Bertz CT molecular complexity index is 458. The quantitative estimate of drug-likeness (QED) is 0.889. The number of anilines is 1. The summed E-state index contributed by atoms with van der Waals surface area (Å²) in [6.07, 6.45) is 4.48. The van der Waals surface area contributed by atoms with Crippen LogP contribution < -0.4 is 5.32 Å². The fourth-order valence-electron chi connectivity index (χ4n) is 3.09. The number of para-hydroxylation sites is 1.